The quantitative estimate of drug-likeness (QED) is 0.596. The number of rotatable bonds is 3. The van der Waals surface area contributed by atoms with Crippen molar-refractivity contribution in [2.24, 2.45) is 0 Å². The van der Waals surface area contributed by atoms with Gasteiger partial charge in [-0.15, -0.1) is 0 Å². The van der Waals surface area contributed by atoms with Crippen molar-refractivity contribution in [3.8, 4) is 0 Å². The Balaban J connectivity index is 1.78. The lowest BCUT2D eigenvalue weighted by molar-refractivity contribution is -0.147. The van der Waals surface area contributed by atoms with Gasteiger partial charge in [-0.25, -0.2) is 4.79 Å². The molecule has 0 radical (unpaired) electrons. The minimum atomic E-state index is -0.599. The van der Waals surface area contributed by atoms with E-state index in [4.69, 9.17) is 0 Å². The van der Waals surface area contributed by atoms with E-state index in [0.717, 1.165) is 17.7 Å². The number of amides is 4. The van der Waals surface area contributed by atoms with Crippen LogP contribution in [-0.2, 0) is 9.59 Å². The Labute approximate surface area is 118 Å². The molecular weight excluding hydrogens is 258 g/mol. The zero-order valence-corrected chi connectivity index (χ0v) is 11.8. The van der Waals surface area contributed by atoms with Crippen LogP contribution < -0.4 is 10.6 Å². The number of likely N-dealkylation sites (N-methyl/N-ethyl adjacent to an activating group) is 1. The topological polar surface area (TPSA) is 78.5 Å². The van der Waals surface area contributed by atoms with Gasteiger partial charge in [-0.1, -0.05) is 11.6 Å². The van der Waals surface area contributed by atoms with Gasteiger partial charge in [-0.05, 0) is 32.1 Å². The number of piperidine rings is 1. The van der Waals surface area contributed by atoms with Gasteiger partial charge < -0.3 is 10.6 Å². The Morgan fingerprint density at radius 2 is 2.15 bits per heavy atom. The second kappa shape index (κ2) is 6.54. The summed E-state index contributed by atoms with van der Waals surface area (Å²) in [6, 6.07) is -0.949. The summed E-state index contributed by atoms with van der Waals surface area (Å²) < 4.78 is 0. The molecule has 0 saturated carbocycles. The number of carbonyl (C=O) groups excluding carboxylic acids is 3. The Bertz CT molecular complexity index is 445. The Morgan fingerprint density at radius 3 is 2.85 bits per heavy atom. The summed E-state index contributed by atoms with van der Waals surface area (Å²) in [7, 11) is 1.45. The van der Waals surface area contributed by atoms with Crippen molar-refractivity contribution >= 4 is 17.8 Å². The molecule has 0 spiro atoms. The Morgan fingerprint density at radius 1 is 1.35 bits per heavy atom. The van der Waals surface area contributed by atoms with Crippen LogP contribution in [0.15, 0.2) is 11.6 Å². The molecule has 0 bridgehead atoms. The summed E-state index contributed by atoms with van der Waals surface area (Å²) in [5.41, 5.74) is 1.24. The van der Waals surface area contributed by atoms with E-state index >= 15 is 0 Å². The minimum absolute atomic E-state index is 0.194. The van der Waals surface area contributed by atoms with Gasteiger partial charge in [-0.3, -0.25) is 14.5 Å². The first-order chi connectivity index (χ1) is 9.58. The molecule has 1 aliphatic carbocycles. The van der Waals surface area contributed by atoms with Gasteiger partial charge in [-0.2, -0.15) is 0 Å². The molecule has 0 aromatic carbocycles. The fraction of sp³-hybridized carbons (Fsp3) is 0.643. The molecule has 1 saturated heterocycles. The van der Waals surface area contributed by atoms with E-state index in [1.165, 1.54) is 25.5 Å². The minimum Gasteiger partial charge on any atom is -0.334 e. The number of allylic oxidation sites excluding steroid dienone is 1. The van der Waals surface area contributed by atoms with E-state index in [-0.39, 0.29) is 17.8 Å². The molecule has 1 atom stereocenters. The van der Waals surface area contributed by atoms with E-state index in [1.807, 2.05) is 0 Å². The highest BCUT2D eigenvalue weighted by atomic mass is 16.2. The van der Waals surface area contributed by atoms with Crippen LogP contribution in [0.4, 0.5) is 4.79 Å². The van der Waals surface area contributed by atoms with Gasteiger partial charge in [0.25, 0.3) is 5.91 Å². The molecule has 1 unspecified atom stereocenters. The SMILES string of the molecule is CN1C(=O)CCC(NC(=O)NCC2=CCCCC2)C1=O. The normalized spacial score (nSPS) is 23.4. The van der Waals surface area contributed by atoms with Crippen LogP contribution in [-0.4, -0.2) is 42.4 Å². The first-order valence-corrected chi connectivity index (χ1v) is 7.10. The van der Waals surface area contributed by atoms with Crippen LogP contribution in [0.2, 0.25) is 0 Å². The summed E-state index contributed by atoms with van der Waals surface area (Å²) in [6.07, 6.45) is 7.32. The van der Waals surface area contributed by atoms with Crippen LogP contribution in [0.25, 0.3) is 0 Å². The van der Waals surface area contributed by atoms with Crippen molar-refractivity contribution < 1.29 is 14.4 Å². The first kappa shape index (κ1) is 14.6. The lowest BCUT2D eigenvalue weighted by Crippen LogP contribution is -2.54. The fourth-order valence-corrected chi connectivity index (χ4v) is 2.52. The molecule has 4 amide bonds. The van der Waals surface area contributed by atoms with Crippen LogP contribution >= 0.6 is 0 Å². The smallest absolute Gasteiger partial charge is 0.315 e. The maximum atomic E-state index is 11.8. The lowest BCUT2D eigenvalue weighted by Gasteiger charge is -2.28. The summed E-state index contributed by atoms with van der Waals surface area (Å²) in [5.74, 6) is -0.533. The maximum absolute atomic E-state index is 11.8. The molecule has 2 rings (SSSR count). The fourth-order valence-electron chi connectivity index (χ4n) is 2.52. The molecule has 6 nitrogen and oxygen atoms in total. The number of hydrogen-bond donors (Lipinski definition) is 2. The van der Waals surface area contributed by atoms with E-state index in [0.29, 0.717) is 19.4 Å². The summed E-state index contributed by atoms with van der Waals surface area (Å²) in [5, 5.41) is 5.41. The van der Waals surface area contributed by atoms with Crippen molar-refractivity contribution in [3.05, 3.63) is 11.6 Å². The summed E-state index contributed by atoms with van der Waals surface area (Å²) in [6.45, 7) is 0.529. The number of urea groups is 1. The van der Waals surface area contributed by atoms with Crippen molar-refractivity contribution in [1.29, 1.82) is 0 Å². The third kappa shape index (κ3) is 3.59. The van der Waals surface area contributed by atoms with Crippen LogP contribution in [0.5, 0.6) is 0 Å². The monoisotopic (exact) mass is 279 g/mol. The predicted octanol–water partition coefficient (Wildman–Crippen LogP) is 0.933. The molecule has 20 heavy (non-hydrogen) atoms. The van der Waals surface area contributed by atoms with Crippen LogP contribution in [0.3, 0.4) is 0 Å². The van der Waals surface area contributed by atoms with Gasteiger partial charge in [0.05, 0.1) is 0 Å². The largest absolute Gasteiger partial charge is 0.334 e. The second-order valence-electron chi connectivity index (χ2n) is 5.32. The number of likely N-dealkylation sites (tertiary alicyclic amines) is 1. The van der Waals surface area contributed by atoms with Gasteiger partial charge in [0.1, 0.15) is 6.04 Å². The third-order valence-corrected chi connectivity index (χ3v) is 3.82. The van der Waals surface area contributed by atoms with E-state index in [1.54, 1.807) is 0 Å². The van der Waals surface area contributed by atoms with E-state index < -0.39 is 6.04 Å². The lowest BCUT2D eigenvalue weighted by atomic mass is 10.00. The predicted molar refractivity (Wildman–Crippen MR) is 73.9 cm³/mol. The van der Waals surface area contributed by atoms with Gasteiger partial charge in [0.2, 0.25) is 5.91 Å². The average Bonchev–Trinajstić information content (AvgIpc) is 2.47. The number of nitrogens with zero attached hydrogens (tertiary/aromatic N) is 1. The second-order valence-corrected chi connectivity index (χ2v) is 5.32. The van der Waals surface area contributed by atoms with Crippen molar-refractivity contribution in [2.45, 2.75) is 44.6 Å². The Hall–Kier alpha value is -1.85. The van der Waals surface area contributed by atoms with E-state index in [9.17, 15) is 14.4 Å². The molecule has 1 heterocycles. The number of carbonyl (C=O) groups is 3. The zero-order valence-electron chi connectivity index (χ0n) is 11.8. The molecule has 110 valence electrons. The zero-order chi connectivity index (χ0) is 14.5. The Kier molecular flexibility index (Phi) is 4.76. The van der Waals surface area contributed by atoms with Gasteiger partial charge >= 0.3 is 6.03 Å². The van der Waals surface area contributed by atoms with Crippen LogP contribution in [0.1, 0.15) is 38.5 Å². The molecule has 2 N–H and O–H groups in total. The van der Waals surface area contributed by atoms with Crippen LogP contribution in [0, 0.1) is 0 Å². The molecule has 2 aliphatic rings. The number of hydrogen-bond acceptors (Lipinski definition) is 3. The van der Waals surface area contributed by atoms with E-state index in [2.05, 4.69) is 16.7 Å². The van der Waals surface area contributed by atoms with Gasteiger partial charge in [0, 0.05) is 20.0 Å². The molecule has 0 aromatic heterocycles. The van der Waals surface area contributed by atoms with Crippen molar-refractivity contribution in [1.82, 2.24) is 15.5 Å². The van der Waals surface area contributed by atoms with Gasteiger partial charge in [0.15, 0.2) is 0 Å². The summed E-state index contributed by atoms with van der Waals surface area (Å²) >= 11 is 0. The molecule has 6 heteroatoms. The molecular formula is C14H21N3O3. The first-order valence-electron chi connectivity index (χ1n) is 7.10. The van der Waals surface area contributed by atoms with Crippen molar-refractivity contribution in [2.75, 3.05) is 13.6 Å². The number of imide groups is 1. The molecule has 0 aromatic rings. The summed E-state index contributed by atoms with van der Waals surface area (Å²) in [4.78, 5) is 36.0. The standard InChI is InChI=1S/C14H21N3O3/c1-17-12(18)8-7-11(13(17)19)16-14(20)15-9-10-5-3-2-4-6-10/h5,11H,2-4,6-9H2,1H3,(H2,15,16,20). The highest BCUT2D eigenvalue weighted by molar-refractivity contribution is 6.01. The highest BCUT2D eigenvalue weighted by Crippen LogP contribution is 2.16. The molecule has 1 fully saturated rings. The van der Waals surface area contributed by atoms with Crippen molar-refractivity contribution in [3.63, 3.8) is 0 Å². The third-order valence-electron chi connectivity index (χ3n) is 3.82. The molecule has 1 aliphatic heterocycles. The number of nitrogens with one attached hydrogen (secondary N) is 2. The highest BCUT2D eigenvalue weighted by Gasteiger charge is 2.32. The maximum Gasteiger partial charge on any atom is 0.315 e. The average molecular weight is 279 g/mol.